The third kappa shape index (κ3) is 7.06. The molecule has 9 heteroatoms. The van der Waals surface area contributed by atoms with Crippen molar-refractivity contribution in [2.24, 2.45) is 0 Å². The second-order valence-electron chi connectivity index (χ2n) is 5.98. The van der Waals surface area contributed by atoms with Crippen molar-refractivity contribution < 1.29 is 27.2 Å². The minimum absolute atomic E-state index is 0.0935. The van der Waals surface area contributed by atoms with Crippen LogP contribution in [0.4, 0.5) is 0 Å². The minimum atomic E-state index is -3.72. The summed E-state index contributed by atoms with van der Waals surface area (Å²) in [5.41, 5.74) is -1.11. The summed E-state index contributed by atoms with van der Waals surface area (Å²) in [4.78, 5) is 0. The van der Waals surface area contributed by atoms with Gasteiger partial charge >= 0.3 is 15.2 Å². The first-order chi connectivity index (χ1) is 12.0. The first kappa shape index (κ1) is 23.3. The van der Waals surface area contributed by atoms with Crippen LogP contribution < -0.4 is 5.32 Å². The average molecular weight is 399 g/mol. The lowest BCUT2D eigenvalue weighted by molar-refractivity contribution is 0.186. The standard InChI is InChI=1S/C16H35NO6P2/c1-5-20-24(18,21-6-2)16(25(19,22-7-3)23-8-4)17-15-13-11-9-10-12-14-15/h15-17H,5-14H2,1-4H3. The first-order valence-corrected chi connectivity index (χ1v) is 12.7. The monoisotopic (exact) mass is 399 g/mol. The Hall–Kier alpha value is 0.260. The number of hydrogen-bond donors (Lipinski definition) is 1. The van der Waals surface area contributed by atoms with Crippen LogP contribution in [-0.4, -0.2) is 38.0 Å². The van der Waals surface area contributed by atoms with E-state index < -0.39 is 20.7 Å². The van der Waals surface area contributed by atoms with Crippen LogP contribution in [-0.2, 0) is 27.2 Å². The fourth-order valence-corrected chi connectivity index (χ4v) is 8.22. The molecule has 7 nitrogen and oxygen atoms in total. The number of nitrogens with one attached hydrogen (secondary N) is 1. The highest BCUT2D eigenvalue weighted by Crippen LogP contribution is 2.69. The molecule has 1 rings (SSSR count). The average Bonchev–Trinajstić information content (AvgIpc) is 2.82. The molecule has 0 radical (unpaired) electrons. The van der Waals surface area contributed by atoms with E-state index in [0.717, 1.165) is 25.7 Å². The molecule has 0 aromatic heterocycles. The van der Waals surface area contributed by atoms with Gasteiger partial charge in [-0.25, -0.2) is 0 Å². The zero-order chi connectivity index (χ0) is 18.8. The summed E-state index contributed by atoms with van der Waals surface area (Å²) in [5, 5.41) is 3.29. The predicted molar refractivity (Wildman–Crippen MR) is 100 cm³/mol. The van der Waals surface area contributed by atoms with Crippen LogP contribution in [0.15, 0.2) is 0 Å². The highest BCUT2D eigenvalue weighted by molar-refractivity contribution is 7.72. The van der Waals surface area contributed by atoms with Gasteiger partial charge in [0.1, 0.15) is 0 Å². The van der Waals surface area contributed by atoms with Gasteiger partial charge in [-0.1, -0.05) is 25.7 Å². The van der Waals surface area contributed by atoms with Crippen LogP contribution in [0, 0.1) is 0 Å². The molecular weight excluding hydrogens is 364 g/mol. The molecule has 1 saturated carbocycles. The van der Waals surface area contributed by atoms with Crippen LogP contribution in [0.25, 0.3) is 0 Å². The molecular formula is C16H35NO6P2. The molecule has 1 aliphatic carbocycles. The summed E-state index contributed by atoms with van der Waals surface area (Å²) in [6.45, 7) is 7.72. The van der Waals surface area contributed by atoms with Crippen LogP contribution in [0.5, 0.6) is 0 Å². The van der Waals surface area contributed by atoms with Gasteiger partial charge in [0, 0.05) is 6.04 Å². The van der Waals surface area contributed by atoms with Gasteiger partial charge in [0.25, 0.3) is 0 Å². The minimum Gasteiger partial charge on any atom is -0.307 e. The van der Waals surface area contributed by atoms with E-state index in [1.165, 1.54) is 12.8 Å². The van der Waals surface area contributed by atoms with Gasteiger partial charge in [-0.05, 0) is 40.5 Å². The van der Waals surface area contributed by atoms with Crippen LogP contribution in [0.1, 0.15) is 66.2 Å². The Morgan fingerprint density at radius 1 is 0.760 bits per heavy atom. The van der Waals surface area contributed by atoms with E-state index in [1.807, 2.05) is 0 Å². The Morgan fingerprint density at radius 2 is 1.12 bits per heavy atom. The van der Waals surface area contributed by atoms with Crippen molar-refractivity contribution in [3.8, 4) is 0 Å². The Kier molecular flexibility index (Phi) is 11.1. The maximum atomic E-state index is 13.4. The lowest BCUT2D eigenvalue weighted by Crippen LogP contribution is -2.39. The van der Waals surface area contributed by atoms with Crippen molar-refractivity contribution in [1.82, 2.24) is 5.32 Å². The lowest BCUT2D eigenvalue weighted by atomic mass is 10.1. The molecule has 0 aromatic rings. The second kappa shape index (κ2) is 11.9. The molecule has 25 heavy (non-hydrogen) atoms. The Bertz CT molecular complexity index is 404. The Balaban J connectivity index is 3.17. The molecule has 1 N–H and O–H groups in total. The quantitative estimate of drug-likeness (QED) is 0.360. The van der Waals surface area contributed by atoms with E-state index in [0.29, 0.717) is 0 Å². The molecule has 1 fully saturated rings. The second-order valence-corrected chi connectivity index (χ2v) is 10.6. The lowest BCUT2D eigenvalue weighted by Gasteiger charge is -2.34. The highest BCUT2D eigenvalue weighted by atomic mass is 31.2. The molecule has 0 bridgehead atoms. The molecule has 0 aromatic carbocycles. The molecule has 150 valence electrons. The molecule has 0 saturated heterocycles. The molecule has 0 aliphatic heterocycles. The summed E-state index contributed by atoms with van der Waals surface area (Å²) in [6, 6.07) is 0.0935. The first-order valence-electron chi connectivity index (χ1n) is 9.49. The van der Waals surface area contributed by atoms with Gasteiger partial charge in [-0.3, -0.25) is 14.4 Å². The van der Waals surface area contributed by atoms with Gasteiger partial charge in [0.2, 0.25) is 5.52 Å². The van der Waals surface area contributed by atoms with Crippen molar-refractivity contribution in [1.29, 1.82) is 0 Å². The van der Waals surface area contributed by atoms with Gasteiger partial charge in [0.15, 0.2) is 0 Å². The van der Waals surface area contributed by atoms with Gasteiger partial charge < -0.3 is 18.1 Å². The van der Waals surface area contributed by atoms with E-state index in [2.05, 4.69) is 5.32 Å². The normalized spacial score (nSPS) is 17.8. The third-order valence-electron chi connectivity index (χ3n) is 4.08. The van der Waals surface area contributed by atoms with Crippen LogP contribution in [0.2, 0.25) is 0 Å². The fraction of sp³-hybridized carbons (Fsp3) is 1.00. The summed E-state index contributed by atoms with van der Waals surface area (Å²) in [5.74, 6) is 0. The van der Waals surface area contributed by atoms with E-state index in [-0.39, 0.29) is 32.5 Å². The van der Waals surface area contributed by atoms with Crippen molar-refractivity contribution in [2.75, 3.05) is 26.4 Å². The molecule has 0 unspecified atom stereocenters. The molecule has 0 atom stereocenters. The third-order valence-corrected chi connectivity index (χ3v) is 9.74. The highest BCUT2D eigenvalue weighted by Gasteiger charge is 2.51. The molecule has 0 amide bonds. The number of hydrogen-bond acceptors (Lipinski definition) is 7. The van der Waals surface area contributed by atoms with Gasteiger partial charge in [-0.15, -0.1) is 0 Å². The van der Waals surface area contributed by atoms with Crippen LogP contribution >= 0.6 is 15.2 Å². The van der Waals surface area contributed by atoms with Crippen molar-refractivity contribution in [2.45, 2.75) is 77.8 Å². The topological polar surface area (TPSA) is 83.1 Å². The van der Waals surface area contributed by atoms with E-state index in [4.69, 9.17) is 18.1 Å². The molecule has 0 spiro atoms. The van der Waals surface area contributed by atoms with Crippen molar-refractivity contribution >= 4 is 15.2 Å². The summed E-state index contributed by atoms with van der Waals surface area (Å²) >= 11 is 0. The fourth-order valence-electron chi connectivity index (χ4n) is 3.09. The Morgan fingerprint density at radius 3 is 1.44 bits per heavy atom. The van der Waals surface area contributed by atoms with Gasteiger partial charge in [0.05, 0.1) is 26.4 Å². The smallest absolute Gasteiger partial charge is 0.307 e. The zero-order valence-electron chi connectivity index (χ0n) is 16.1. The van der Waals surface area contributed by atoms with Crippen molar-refractivity contribution in [3.63, 3.8) is 0 Å². The molecule has 1 aliphatic rings. The maximum absolute atomic E-state index is 13.4. The van der Waals surface area contributed by atoms with Crippen molar-refractivity contribution in [3.05, 3.63) is 0 Å². The van der Waals surface area contributed by atoms with Crippen LogP contribution in [0.3, 0.4) is 0 Å². The summed E-state index contributed by atoms with van der Waals surface area (Å²) in [7, 11) is -7.43. The zero-order valence-corrected chi connectivity index (χ0v) is 17.9. The van der Waals surface area contributed by atoms with E-state index in [9.17, 15) is 9.13 Å². The van der Waals surface area contributed by atoms with E-state index in [1.54, 1.807) is 27.7 Å². The van der Waals surface area contributed by atoms with E-state index >= 15 is 0 Å². The molecule has 0 heterocycles. The largest absolute Gasteiger partial charge is 0.359 e. The summed E-state index contributed by atoms with van der Waals surface area (Å²) in [6.07, 6.45) is 6.43. The van der Waals surface area contributed by atoms with Gasteiger partial charge in [-0.2, -0.15) is 0 Å². The maximum Gasteiger partial charge on any atom is 0.359 e. The predicted octanol–water partition coefficient (Wildman–Crippen LogP) is 5.11. The number of rotatable bonds is 12. The Labute approximate surface area is 152 Å². The summed E-state index contributed by atoms with van der Waals surface area (Å²) < 4.78 is 48.8. The SMILES string of the molecule is CCOP(=O)(OCC)C(NC1CCCCCC1)P(=O)(OCC)OCC.